The van der Waals surface area contributed by atoms with Crippen molar-refractivity contribution in [1.82, 2.24) is 23.9 Å². The van der Waals surface area contributed by atoms with Crippen LogP contribution in [0.1, 0.15) is 44.5 Å². The number of aryl methyl sites for hydroxylation is 1. The van der Waals surface area contributed by atoms with E-state index in [2.05, 4.69) is 39.9 Å². The minimum Gasteiger partial charge on any atom is -0.508 e. The van der Waals surface area contributed by atoms with Crippen LogP contribution in [0.3, 0.4) is 0 Å². The number of rotatable bonds is 7. The van der Waals surface area contributed by atoms with Gasteiger partial charge in [0, 0.05) is 92.2 Å². The molecule has 12 nitrogen and oxygen atoms in total. The Morgan fingerprint density at radius 3 is 2.47 bits per heavy atom. The first-order chi connectivity index (χ1) is 26.7. The van der Waals surface area contributed by atoms with Gasteiger partial charge in [0.1, 0.15) is 11.4 Å². The number of hydrogen-bond acceptors (Lipinski definition) is 8. The van der Waals surface area contributed by atoms with E-state index < -0.39 is 0 Å². The first-order valence-electron chi connectivity index (χ1n) is 18.6. The summed E-state index contributed by atoms with van der Waals surface area (Å²) in [6.45, 7) is 5.64. The highest BCUT2D eigenvalue weighted by molar-refractivity contribution is 6.14. The van der Waals surface area contributed by atoms with Crippen LogP contribution in [-0.4, -0.2) is 80.0 Å². The Kier molecular flexibility index (Phi) is 8.78. The van der Waals surface area contributed by atoms with Crippen molar-refractivity contribution in [3.05, 3.63) is 113 Å². The Labute approximate surface area is 318 Å². The molecule has 280 valence electrons. The number of fused-ring (bicyclic) bond motifs is 3. The maximum absolute atomic E-state index is 15.0. The summed E-state index contributed by atoms with van der Waals surface area (Å²) < 4.78 is 21.5. The minimum absolute atomic E-state index is 0.0388. The number of hydrogen-bond donors (Lipinski definition) is 2. The minimum atomic E-state index is -0.325. The number of benzene rings is 3. The first kappa shape index (κ1) is 34.6. The van der Waals surface area contributed by atoms with Crippen LogP contribution in [0.2, 0.25) is 0 Å². The number of morpholine rings is 1. The zero-order chi connectivity index (χ0) is 37.8. The number of anilines is 1. The molecule has 9 rings (SSSR count). The second kappa shape index (κ2) is 13.9. The second-order valence-corrected chi connectivity index (χ2v) is 14.6. The maximum atomic E-state index is 15.0. The molecule has 55 heavy (non-hydrogen) atoms. The molecule has 1 saturated heterocycles. The summed E-state index contributed by atoms with van der Waals surface area (Å²) in [5, 5.41) is 14.0. The number of pyridine rings is 1. The third-order valence-corrected chi connectivity index (χ3v) is 11.1. The maximum Gasteiger partial charge on any atom is 0.258 e. The molecule has 2 N–H and O–H groups in total. The summed E-state index contributed by atoms with van der Waals surface area (Å²) in [6.07, 6.45) is 4.50. The number of carbonyl (C=O) groups is 2. The SMILES string of the molecule is C[C@@H]1Cc2ccccc2CN1C(=O)c1cc2c(cc1-c1c(-c3cnc4c(ccn4C)c3)c(C(=O)Nc3ccc(O)cc3)c(CN3CCOCC3)n1C)OCO2. The van der Waals surface area contributed by atoms with Crippen LogP contribution < -0.4 is 14.8 Å². The molecule has 0 spiro atoms. The number of phenolic OH excluding ortho intramolecular Hbond substituents is 1. The lowest BCUT2D eigenvalue weighted by atomic mass is 9.91. The van der Waals surface area contributed by atoms with E-state index in [1.807, 2.05) is 54.0 Å². The number of aromatic hydroxyl groups is 1. The Bertz CT molecular complexity index is 2460. The number of amides is 2. The van der Waals surface area contributed by atoms with Gasteiger partial charge in [-0.05, 0) is 73.0 Å². The molecule has 12 heteroatoms. The normalized spacial score (nSPS) is 16.7. The summed E-state index contributed by atoms with van der Waals surface area (Å²) in [6, 6.07) is 22.4. The molecule has 6 heterocycles. The average molecular weight is 739 g/mol. The molecule has 0 aliphatic carbocycles. The Hall–Kier alpha value is -6.11. The van der Waals surface area contributed by atoms with E-state index >= 15 is 4.79 Å². The van der Waals surface area contributed by atoms with Crippen molar-refractivity contribution < 1.29 is 28.9 Å². The van der Waals surface area contributed by atoms with E-state index in [1.165, 1.54) is 5.56 Å². The molecule has 0 bridgehead atoms. The fourth-order valence-electron chi connectivity index (χ4n) is 8.18. The summed E-state index contributed by atoms with van der Waals surface area (Å²) >= 11 is 0. The topological polar surface area (TPSA) is 123 Å². The van der Waals surface area contributed by atoms with Crippen molar-refractivity contribution in [3.63, 3.8) is 0 Å². The van der Waals surface area contributed by atoms with E-state index in [4.69, 9.17) is 19.2 Å². The highest BCUT2D eigenvalue weighted by Gasteiger charge is 2.35. The first-order valence-corrected chi connectivity index (χ1v) is 18.6. The highest BCUT2D eigenvalue weighted by Crippen LogP contribution is 2.46. The van der Waals surface area contributed by atoms with Gasteiger partial charge in [-0.3, -0.25) is 14.5 Å². The molecule has 3 aliphatic rings. The van der Waals surface area contributed by atoms with Gasteiger partial charge in [0.2, 0.25) is 6.79 Å². The lowest BCUT2D eigenvalue weighted by molar-refractivity contribution is 0.0332. The van der Waals surface area contributed by atoms with Crippen LogP contribution in [-0.2, 0) is 38.3 Å². The zero-order valence-corrected chi connectivity index (χ0v) is 31.0. The molecule has 3 aromatic carbocycles. The van der Waals surface area contributed by atoms with Crippen LogP contribution in [0.4, 0.5) is 5.69 Å². The van der Waals surface area contributed by atoms with Gasteiger partial charge in [0.05, 0.1) is 30.0 Å². The van der Waals surface area contributed by atoms with E-state index in [0.29, 0.717) is 84.5 Å². The van der Waals surface area contributed by atoms with E-state index in [1.54, 1.807) is 36.5 Å². The monoisotopic (exact) mass is 738 g/mol. The van der Waals surface area contributed by atoms with Crippen molar-refractivity contribution in [3.8, 4) is 39.6 Å². The Balaban J connectivity index is 1.28. The summed E-state index contributed by atoms with van der Waals surface area (Å²) in [5.74, 6) is 0.663. The lowest BCUT2D eigenvalue weighted by Crippen LogP contribution is -2.42. The fourth-order valence-corrected chi connectivity index (χ4v) is 8.18. The third-order valence-electron chi connectivity index (χ3n) is 11.1. The van der Waals surface area contributed by atoms with E-state index in [0.717, 1.165) is 34.3 Å². The van der Waals surface area contributed by atoms with Crippen molar-refractivity contribution in [1.29, 1.82) is 0 Å². The van der Waals surface area contributed by atoms with Gasteiger partial charge in [-0.25, -0.2) is 4.98 Å². The van der Waals surface area contributed by atoms with Crippen LogP contribution in [0, 0.1) is 0 Å². The molecule has 3 aliphatic heterocycles. The van der Waals surface area contributed by atoms with Gasteiger partial charge >= 0.3 is 0 Å². The molecule has 3 aromatic heterocycles. The van der Waals surface area contributed by atoms with Gasteiger partial charge in [-0.1, -0.05) is 24.3 Å². The fraction of sp³-hybridized carbons (Fsp3) is 0.279. The van der Waals surface area contributed by atoms with Gasteiger partial charge < -0.3 is 38.7 Å². The molecule has 1 fully saturated rings. The standard InChI is InChI=1S/C43H42N6O6/c1-26-18-27-6-4-5-7-29(27)23-49(26)43(52)34-21-37-36(54-25-55-37)20-33(34)40-38(30-19-28-12-13-46(2)41(28)44-22-30)39(42(51)45-31-8-10-32(50)11-9-31)35(47(40)3)24-48-14-16-53-17-15-48/h4-13,19-22,26,50H,14-18,23-25H2,1-3H3,(H,45,51)/t26-/m1/s1. The van der Waals surface area contributed by atoms with Gasteiger partial charge in [-0.15, -0.1) is 0 Å². The second-order valence-electron chi connectivity index (χ2n) is 14.6. The number of phenols is 1. The molecule has 0 radical (unpaired) electrons. The largest absolute Gasteiger partial charge is 0.508 e. The Morgan fingerprint density at radius 2 is 1.69 bits per heavy atom. The molecule has 0 saturated carbocycles. The van der Waals surface area contributed by atoms with E-state index in [-0.39, 0.29) is 30.4 Å². The summed E-state index contributed by atoms with van der Waals surface area (Å²) in [7, 11) is 3.91. The van der Waals surface area contributed by atoms with Gasteiger partial charge in [0.15, 0.2) is 11.5 Å². The summed E-state index contributed by atoms with van der Waals surface area (Å²) in [5.41, 5.74) is 8.08. The quantitative estimate of drug-likeness (QED) is 0.182. The Morgan fingerprint density at radius 1 is 0.945 bits per heavy atom. The molecule has 0 unspecified atom stereocenters. The van der Waals surface area contributed by atoms with Crippen molar-refractivity contribution in [2.75, 3.05) is 38.4 Å². The van der Waals surface area contributed by atoms with Gasteiger partial charge in [0.25, 0.3) is 11.8 Å². The predicted octanol–water partition coefficient (Wildman–Crippen LogP) is 6.35. The average Bonchev–Trinajstić information content (AvgIpc) is 3.90. The third kappa shape index (κ3) is 6.26. The molecule has 2 amide bonds. The molecule has 1 atom stereocenters. The number of aromatic nitrogens is 3. The van der Waals surface area contributed by atoms with Crippen molar-refractivity contribution in [2.45, 2.75) is 32.5 Å². The van der Waals surface area contributed by atoms with Crippen molar-refractivity contribution in [2.24, 2.45) is 14.1 Å². The summed E-state index contributed by atoms with van der Waals surface area (Å²) in [4.78, 5) is 39.0. The van der Waals surface area contributed by atoms with Gasteiger partial charge in [-0.2, -0.15) is 0 Å². The number of nitrogens with zero attached hydrogens (tertiary/aromatic N) is 5. The molecule has 6 aromatic rings. The number of nitrogens with one attached hydrogen (secondary N) is 1. The number of carbonyl (C=O) groups excluding carboxylic acids is 2. The molecular weight excluding hydrogens is 697 g/mol. The van der Waals surface area contributed by atoms with Crippen molar-refractivity contribution >= 4 is 28.5 Å². The molecular formula is C43H42N6O6. The van der Waals surface area contributed by atoms with E-state index in [9.17, 15) is 9.90 Å². The zero-order valence-electron chi connectivity index (χ0n) is 31.0. The predicted molar refractivity (Wildman–Crippen MR) is 208 cm³/mol. The smallest absolute Gasteiger partial charge is 0.258 e. The van der Waals surface area contributed by atoms with Crippen LogP contribution in [0.5, 0.6) is 17.2 Å². The number of ether oxygens (including phenoxy) is 3. The van der Waals surface area contributed by atoms with Crippen LogP contribution in [0.15, 0.2) is 85.2 Å². The highest BCUT2D eigenvalue weighted by atomic mass is 16.7. The lowest BCUT2D eigenvalue weighted by Gasteiger charge is -2.35. The van der Waals surface area contributed by atoms with Crippen LogP contribution in [0.25, 0.3) is 33.4 Å². The van der Waals surface area contributed by atoms with Crippen LogP contribution >= 0.6 is 0 Å².